The van der Waals surface area contributed by atoms with Crippen LogP contribution in [0.1, 0.15) is 38.2 Å². The molecule has 2 fully saturated rings. The molecule has 27 heavy (non-hydrogen) atoms. The van der Waals surface area contributed by atoms with Crippen molar-refractivity contribution in [3.63, 3.8) is 0 Å². The van der Waals surface area contributed by atoms with Gasteiger partial charge in [0, 0.05) is 0 Å². The lowest BCUT2D eigenvalue weighted by Gasteiger charge is -2.43. The molecule has 0 unspecified atom stereocenters. The largest absolute Gasteiger partial charge is 0.330 e. The lowest BCUT2D eigenvalue weighted by molar-refractivity contribution is 0.199. The average Bonchev–Trinajstić information content (AvgIpc) is 3.30. The van der Waals surface area contributed by atoms with Gasteiger partial charge in [0.2, 0.25) is 0 Å². The summed E-state index contributed by atoms with van der Waals surface area (Å²) >= 11 is 1.60. The molecule has 5 rings (SSSR count). The molecule has 5 heteroatoms. The van der Waals surface area contributed by atoms with Crippen LogP contribution in [-0.2, 0) is 5.41 Å². The topological polar surface area (TPSA) is 45.2 Å². The van der Waals surface area contributed by atoms with Crippen LogP contribution in [-0.4, -0.2) is 23.1 Å². The summed E-state index contributed by atoms with van der Waals surface area (Å²) in [6, 6.07) is 16.9. The molecule has 1 saturated carbocycles. The molecule has 1 aromatic heterocycles. The maximum absolute atomic E-state index is 12.8. The highest BCUT2D eigenvalue weighted by Gasteiger charge is 2.48. The van der Waals surface area contributed by atoms with E-state index in [-0.39, 0.29) is 17.0 Å². The SMILES string of the molecule is CC1(c2ccccc2)CCC2(CC1)CN(c1cccc3ncsc13)C(=O)N2. The number of aromatic nitrogens is 1. The molecule has 0 radical (unpaired) electrons. The molecule has 1 aliphatic heterocycles. The zero-order valence-corrected chi connectivity index (χ0v) is 16.3. The summed E-state index contributed by atoms with van der Waals surface area (Å²) in [5.41, 5.74) is 5.30. The second kappa shape index (κ2) is 6.06. The standard InChI is InChI=1S/C22H23N3OS/c1-21(16-6-3-2-4-7-16)10-12-22(13-11-21)14-25(20(26)24-22)18-9-5-8-17-19(18)27-15-23-17/h2-9,15H,10-14H2,1H3,(H,24,26). The van der Waals surface area contributed by atoms with Crippen LogP contribution in [0.15, 0.2) is 54.0 Å². The Bertz CT molecular complexity index is 989. The van der Waals surface area contributed by atoms with Crippen molar-refractivity contribution in [3.8, 4) is 0 Å². The molecule has 1 spiro atoms. The molecule has 1 saturated heterocycles. The van der Waals surface area contributed by atoms with Gasteiger partial charge in [-0.3, -0.25) is 4.90 Å². The predicted octanol–water partition coefficient (Wildman–Crippen LogP) is 5.10. The van der Waals surface area contributed by atoms with Crippen LogP contribution in [0, 0.1) is 0 Å². The number of nitrogens with zero attached hydrogens (tertiary/aromatic N) is 2. The fraction of sp³-hybridized carbons (Fsp3) is 0.364. The highest BCUT2D eigenvalue weighted by Crippen LogP contribution is 2.45. The fourth-order valence-corrected chi connectivity index (χ4v) is 5.49. The summed E-state index contributed by atoms with van der Waals surface area (Å²) in [5.74, 6) is 0. The lowest BCUT2D eigenvalue weighted by Crippen LogP contribution is -2.49. The minimum absolute atomic E-state index is 0.0271. The number of thiazole rings is 1. The van der Waals surface area contributed by atoms with E-state index < -0.39 is 0 Å². The van der Waals surface area contributed by atoms with Crippen molar-refractivity contribution in [1.29, 1.82) is 0 Å². The molecular weight excluding hydrogens is 354 g/mol. The average molecular weight is 378 g/mol. The Morgan fingerprint density at radius 1 is 1.04 bits per heavy atom. The van der Waals surface area contributed by atoms with Crippen molar-refractivity contribution >= 4 is 33.3 Å². The first-order valence-corrected chi connectivity index (χ1v) is 10.4. The van der Waals surface area contributed by atoms with E-state index in [1.165, 1.54) is 5.56 Å². The third kappa shape index (κ3) is 2.72. The number of anilines is 1. The minimum Gasteiger partial charge on any atom is -0.330 e. The highest BCUT2D eigenvalue weighted by molar-refractivity contribution is 7.17. The summed E-state index contributed by atoms with van der Waals surface area (Å²) in [6.07, 6.45) is 4.21. The number of carbonyl (C=O) groups is 1. The summed E-state index contributed by atoms with van der Waals surface area (Å²) in [5, 5.41) is 3.34. The molecule has 2 aliphatic rings. The molecule has 138 valence electrons. The van der Waals surface area contributed by atoms with Crippen LogP contribution in [0.5, 0.6) is 0 Å². The van der Waals surface area contributed by atoms with Crippen LogP contribution >= 0.6 is 11.3 Å². The van der Waals surface area contributed by atoms with Gasteiger partial charge in [-0.05, 0) is 48.8 Å². The number of fused-ring (bicyclic) bond motifs is 1. The Labute approximate surface area is 163 Å². The van der Waals surface area contributed by atoms with Crippen molar-refractivity contribution in [1.82, 2.24) is 10.3 Å². The summed E-state index contributed by atoms with van der Waals surface area (Å²) in [7, 11) is 0. The quantitative estimate of drug-likeness (QED) is 0.675. The van der Waals surface area contributed by atoms with Crippen molar-refractivity contribution in [2.75, 3.05) is 11.4 Å². The van der Waals surface area contributed by atoms with Crippen molar-refractivity contribution in [2.45, 2.75) is 43.6 Å². The van der Waals surface area contributed by atoms with Crippen LogP contribution in [0.25, 0.3) is 10.2 Å². The van der Waals surface area contributed by atoms with Gasteiger partial charge in [0.1, 0.15) is 0 Å². The first-order valence-electron chi connectivity index (χ1n) is 9.56. The Kier molecular flexibility index (Phi) is 3.76. The van der Waals surface area contributed by atoms with E-state index >= 15 is 0 Å². The smallest absolute Gasteiger partial charge is 0.322 e. The number of urea groups is 1. The van der Waals surface area contributed by atoms with Gasteiger partial charge in [0.05, 0.1) is 33.5 Å². The van der Waals surface area contributed by atoms with Crippen LogP contribution in [0.3, 0.4) is 0 Å². The van der Waals surface area contributed by atoms with Gasteiger partial charge in [-0.2, -0.15) is 0 Å². The number of rotatable bonds is 2. The monoisotopic (exact) mass is 377 g/mol. The van der Waals surface area contributed by atoms with E-state index in [4.69, 9.17) is 0 Å². The van der Waals surface area contributed by atoms with Gasteiger partial charge < -0.3 is 5.32 Å². The van der Waals surface area contributed by atoms with Gasteiger partial charge in [-0.15, -0.1) is 11.3 Å². The zero-order valence-electron chi connectivity index (χ0n) is 15.4. The van der Waals surface area contributed by atoms with E-state index in [2.05, 4.69) is 47.6 Å². The summed E-state index contributed by atoms with van der Waals surface area (Å²) in [4.78, 5) is 19.2. The third-order valence-electron chi connectivity index (χ3n) is 6.49. The summed E-state index contributed by atoms with van der Waals surface area (Å²) < 4.78 is 1.09. The second-order valence-corrected chi connectivity index (χ2v) is 9.06. The van der Waals surface area contributed by atoms with Crippen LogP contribution in [0.2, 0.25) is 0 Å². The number of carbonyl (C=O) groups excluding carboxylic acids is 1. The summed E-state index contributed by atoms with van der Waals surface area (Å²) in [6.45, 7) is 3.11. The molecule has 4 nitrogen and oxygen atoms in total. The fourth-order valence-electron chi connectivity index (χ4n) is 4.68. The molecule has 2 heterocycles. The first kappa shape index (κ1) is 16.8. The Balaban J connectivity index is 1.39. The molecule has 1 aliphatic carbocycles. The first-order chi connectivity index (χ1) is 13.1. The number of amides is 2. The van der Waals surface area contributed by atoms with Gasteiger partial charge in [-0.1, -0.05) is 43.3 Å². The van der Waals surface area contributed by atoms with E-state index in [1.807, 2.05) is 28.6 Å². The van der Waals surface area contributed by atoms with E-state index in [9.17, 15) is 4.79 Å². The van der Waals surface area contributed by atoms with E-state index in [0.29, 0.717) is 0 Å². The maximum atomic E-state index is 12.8. The van der Waals surface area contributed by atoms with E-state index in [1.54, 1.807) is 11.3 Å². The van der Waals surface area contributed by atoms with Crippen molar-refractivity contribution in [2.24, 2.45) is 0 Å². The van der Waals surface area contributed by atoms with E-state index in [0.717, 1.165) is 48.1 Å². The number of benzene rings is 2. The van der Waals surface area contributed by atoms with Crippen molar-refractivity contribution in [3.05, 3.63) is 59.6 Å². The van der Waals surface area contributed by atoms with Crippen molar-refractivity contribution < 1.29 is 4.79 Å². The highest BCUT2D eigenvalue weighted by atomic mass is 32.1. The third-order valence-corrected chi connectivity index (χ3v) is 7.35. The van der Waals surface area contributed by atoms with Gasteiger partial charge in [0.25, 0.3) is 0 Å². The molecule has 0 bridgehead atoms. The normalized spacial score (nSPS) is 28.0. The molecule has 2 amide bonds. The Morgan fingerprint density at radius 2 is 1.81 bits per heavy atom. The molecule has 2 aromatic carbocycles. The Hall–Kier alpha value is -2.40. The van der Waals surface area contributed by atoms with Gasteiger partial charge >= 0.3 is 6.03 Å². The molecule has 0 atom stereocenters. The maximum Gasteiger partial charge on any atom is 0.322 e. The molecule has 1 N–H and O–H groups in total. The Morgan fingerprint density at radius 3 is 2.59 bits per heavy atom. The number of nitrogens with one attached hydrogen (secondary N) is 1. The lowest BCUT2D eigenvalue weighted by atomic mass is 9.65. The zero-order chi connectivity index (χ0) is 18.5. The van der Waals surface area contributed by atoms with Crippen LogP contribution < -0.4 is 10.2 Å². The minimum atomic E-state index is -0.113. The van der Waals surface area contributed by atoms with Gasteiger partial charge in [-0.25, -0.2) is 9.78 Å². The predicted molar refractivity (Wildman–Crippen MR) is 110 cm³/mol. The number of hydrogen-bond donors (Lipinski definition) is 1. The van der Waals surface area contributed by atoms with Gasteiger partial charge in [0.15, 0.2) is 0 Å². The second-order valence-electron chi connectivity index (χ2n) is 8.20. The molecule has 3 aromatic rings. The number of hydrogen-bond acceptors (Lipinski definition) is 3. The molecular formula is C22H23N3OS. The van der Waals surface area contributed by atoms with Crippen LogP contribution in [0.4, 0.5) is 10.5 Å².